The second kappa shape index (κ2) is 31.4. The van der Waals surface area contributed by atoms with Crippen molar-refractivity contribution in [3.8, 4) is 0 Å². The van der Waals surface area contributed by atoms with Crippen molar-refractivity contribution < 1.29 is 117 Å². The van der Waals surface area contributed by atoms with E-state index in [1.807, 2.05) is 20.8 Å². The molecule has 6 heterocycles. The number of ether oxygens (including phenoxy) is 10. The lowest BCUT2D eigenvalue weighted by molar-refractivity contribution is -0.340. The van der Waals surface area contributed by atoms with Crippen molar-refractivity contribution in [2.75, 3.05) is 61.0 Å². The number of aliphatic hydroxyl groups excluding tert-OH is 4. The molecule has 24 nitrogen and oxygen atoms in total. The van der Waals surface area contributed by atoms with Gasteiger partial charge in [0, 0.05) is 47.1 Å². The minimum atomic E-state index is -2.07. The molecule has 6 rings (SSSR count). The molecule has 24 heteroatoms. The molecule has 12 unspecified atom stereocenters. The molecule has 410 valence electrons. The number of hydrogen-bond donors (Lipinski definition) is 4. The van der Waals surface area contributed by atoms with Crippen molar-refractivity contribution in [1.29, 1.82) is 0 Å². The van der Waals surface area contributed by atoms with Crippen LogP contribution in [0.4, 0.5) is 0 Å². The smallest absolute Gasteiger partial charge is 0.129 e. The molecule has 0 saturated carbocycles. The molecule has 6 aliphatic rings. The highest BCUT2D eigenvalue weighted by Gasteiger charge is 2.53. The standard InChI is InChI=1S/C8H14O5.3C8H16O2.C7H10O8.C7H10O5/c1-4-3-13-7(8(10)11)6(12-2)5(4)9;3*1-5-4-10-7(3)8(9)6(5)2;1-14-4(6(10)11)5(7(12)13)15-2-3(8)9;1-10-5-4-3(12-4)2-11-6(5)7(8)9/h4-7,9H,3H2,1-2H3,(H,10,11);3*5-9H,4H2,1-3H3;4-5H,2H2,1H3,(H,8,9)(H,10,11)(H,12,13);3-6H,2H2,1H3,(H,8,9)/p-5/t4?,5-,6-,7?;3*5?,6-,7?,8-;;3?,4-,5-,6?/m0000.0/s1. The zero-order valence-electron chi connectivity index (χ0n) is 42.4. The van der Waals surface area contributed by atoms with Crippen LogP contribution in [0, 0.1) is 41.4 Å². The van der Waals surface area contributed by atoms with Crippen molar-refractivity contribution in [3.05, 3.63) is 0 Å². The lowest BCUT2D eigenvalue weighted by Gasteiger charge is -2.38. The maximum atomic E-state index is 10.5. The third-order valence-corrected chi connectivity index (χ3v) is 13.4. The Kier molecular flexibility index (Phi) is 29.1. The molecule has 22 atom stereocenters. The average Bonchev–Trinajstić information content (AvgIpc) is 4.11. The Balaban J connectivity index is 0.000000422. The molecule has 0 radical (unpaired) electrons. The van der Waals surface area contributed by atoms with Crippen molar-refractivity contribution >= 4 is 29.8 Å². The summed E-state index contributed by atoms with van der Waals surface area (Å²) in [4.78, 5) is 51.8. The minimum Gasteiger partial charge on any atom is -0.548 e. The van der Waals surface area contributed by atoms with Gasteiger partial charge in [0.15, 0.2) is 0 Å². The van der Waals surface area contributed by atoms with Gasteiger partial charge in [0.1, 0.15) is 48.8 Å². The van der Waals surface area contributed by atoms with E-state index in [0.717, 1.165) is 26.9 Å². The summed E-state index contributed by atoms with van der Waals surface area (Å²) in [6.45, 7) is 21.9. The highest BCUT2D eigenvalue weighted by molar-refractivity contribution is 5.81. The van der Waals surface area contributed by atoms with E-state index in [0.29, 0.717) is 42.1 Å². The van der Waals surface area contributed by atoms with Gasteiger partial charge in [-0.15, -0.1) is 0 Å². The maximum absolute atomic E-state index is 10.5. The lowest BCUT2D eigenvalue weighted by Crippen LogP contribution is -2.56. The molecule has 6 fully saturated rings. The Labute approximate surface area is 409 Å². The molecule has 0 bridgehead atoms. The van der Waals surface area contributed by atoms with Crippen LogP contribution >= 0.6 is 0 Å². The SMILES string of the molecule is CC1OCC(C)[C@H](C)[C@@H]1O.CC1OCC(C)[C@H](C)[C@@H]1O.CC1OCC(C)[C@H](C)[C@@H]1O.COC(C(=O)[O-])C(OCC(=O)[O-])C(=O)[O-].CO[C@@H]1C(C(=O)[O-])OCC(C)[C@@H]1O.CO[C@@H]1C(C(=O)[O-])OCC2O[C@@H]21. The van der Waals surface area contributed by atoms with Gasteiger partial charge in [0.25, 0.3) is 0 Å². The van der Waals surface area contributed by atoms with Gasteiger partial charge in [-0.05, 0) is 56.3 Å². The second-order valence-electron chi connectivity index (χ2n) is 18.6. The van der Waals surface area contributed by atoms with Crippen LogP contribution in [0.2, 0.25) is 0 Å². The average molecular weight is 1010 g/mol. The van der Waals surface area contributed by atoms with Gasteiger partial charge in [0.2, 0.25) is 0 Å². The molecule has 6 saturated heterocycles. The number of hydrogen-bond acceptors (Lipinski definition) is 24. The third-order valence-electron chi connectivity index (χ3n) is 13.4. The fourth-order valence-corrected chi connectivity index (χ4v) is 7.66. The number of epoxide rings is 1. The van der Waals surface area contributed by atoms with Crippen LogP contribution in [0.15, 0.2) is 0 Å². The number of methoxy groups -OCH3 is 3. The van der Waals surface area contributed by atoms with E-state index in [4.69, 9.17) is 37.9 Å². The van der Waals surface area contributed by atoms with Gasteiger partial charge in [-0.1, -0.05) is 48.5 Å². The van der Waals surface area contributed by atoms with E-state index in [1.165, 1.54) is 14.2 Å². The number of fused-ring (bicyclic) bond motifs is 1. The Morgan fingerprint density at radius 3 is 1.17 bits per heavy atom. The Morgan fingerprint density at radius 1 is 0.500 bits per heavy atom. The molecule has 0 aromatic carbocycles. The summed E-state index contributed by atoms with van der Waals surface area (Å²) in [6.07, 6.45) is -9.22. The summed E-state index contributed by atoms with van der Waals surface area (Å²) >= 11 is 0. The van der Waals surface area contributed by atoms with E-state index in [2.05, 4.69) is 51.0 Å². The first kappa shape index (κ1) is 64.8. The third kappa shape index (κ3) is 20.0. The second-order valence-corrected chi connectivity index (χ2v) is 18.6. The molecular formula is C46H77O24-5. The number of carboxylic acids is 5. The fourth-order valence-electron chi connectivity index (χ4n) is 7.66. The largest absolute Gasteiger partial charge is 0.548 e. The van der Waals surface area contributed by atoms with Crippen LogP contribution in [0.3, 0.4) is 0 Å². The van der Waals surface area contributed by atoms with Crippen molar-refractivity contribution in [3.63, 3.8) is 0 Å². The number of rotatable bonds is 11. The molecule has 70 heavy (non-hydrogen) atoms. The number of carbonyl (C=O) groups excluding carboxylic acids is 5. The Morgan fingerprint density at radius 2 is 0.857 bits per heavy atom. The summed E-state index contributed by atoms with van der Waals surface area (Å²) in [5.41, 5.74) is 0. The summed E-state index contributed by atoms with van der Waals surface area (Å²) < 4.78 is 49.3. The van der Waals surface area contributed by atoms with Crippen molar-refractivity contribution in [2.45, 2.75) is 161 Å². The van der Waals surface area contributed by atoms with Crippen LogP contribution in [0.5, 0.6) is 0 Å². The molecule has 0 amide bonds. The predicted octanol–water partition coefficient (Wildman–Crippen LogP) is -6.18. The molecule has 6 aliphatic heterocycles. The minimum absolute atomic E-state index is 0.0190. The van der Waals surface area contributed by atoms with E-state index >= 15 is 0 Å². The van der Waals surface area contributed by atoms with Gasteiger partial charge in [-0.3, -0.25) is 0 Å². The van der Waals surface area contributed by atoms with Gasteiger partial charge < -0.3 is 117 Å². The van der Waals surface area contributed by atoms with Crippen molar-refractivity contribution in [2.24, 2.45) is 41.4 Å². The van der Waals surface area contributed by atoms with Crippen molar-refractivity contribution in [1.82, 2.24) is 0 Å². The number of aliphatic carboxylic acids is 5. The highest BCUT2D eigenvalue weighted by atomic mass is 16.7. The van der Waals surface area contributed by atoms with Gasteiger partial charge in [0.05, 0.1) is 92.4 Å². The lowest BCUT2D eigenvalue weighted by atomic mass is 9.86. The van der Waals surface area contributed by atoms with Crippen LogP contribution in [0.1, 0.15) is 69.2 Å². The summed E-state index contributed by atoms with van der Waals surface area (Å²) in [5.74, 6) is -5.58. The van der Waals surface area contributed by atoms with E-state index in [1.54, 1.807) is 6.92 Å². The van der Waals surface area contributed by atoms with E-state index in [9.17, 15) is 69.9 Å². The monoisotopic (exact) mass is 1010 g/mol. The normalized spacial score (nSPS) is 39.3. The number of aliphatic hydroxyl groups is 4. The van der Waals surface area contributed by atoms with Gasteiger partial charge in [-0.25, -0.2) is 0 Å². The summed E-state index contributed by atoms with van der Waals surface area (Å²) in [6, 6.07) is 0. The predicted molar refractivity (Wildman–Crippen MR) is 230 cm³/mol. The Hall–Kier alpha value is -3.21. The van der Waals surface area contributed by atoms with Crippen LogP contribution < -0.4 is 25.5 Å². The summed E-state index contributed by atoms with van der Waals surface area (Å²) in [5, 5.41) is 89.8. The fraction of sp³-hybridized carbons (Fsp3) is 0.891. The molecule has 4 N–H and O–H groups in total. The molecule has 0 aromatic rings. The number of carboxylic acid groups (broad SMARTS) is 5. The maximum Gasteiger partial charge on any atom is 0.129 e. The molecule has 0 aromatic heterocycles. The Bertz CT molecular complexity index is 1460. The van der Waals surface area contributed by atoms with Gasteiger partial charge >= 0.3 is 0 Å². The van der Waals surface area contributed by atoms with E-state index < -0.39 is 79.2 Å². The topological polar surface area (TPSA) is 377 Å². The first-order valence-electron chi connectivity index (χ1n) is 23.3. The molecule has 0 aliphatic carbocycles. The van der Waals surface area contributed by atoms with Crippen LogP contribution in [0.25, 0.3) is 0 Å². The summed E-state index contributed by atoms with van der Waals surface area (Å²) in [7, 11) is 3.68. The van der Waals surface area contributed by atoms with Crippen LogP contribution in [-0.2, 0) is 71.3 Å². The molecular weight excluding hydrogens is 936 g/mol. The van der Waals surface area contributed by atoms with Gasteiger partial charge in [-0.2, -0.15) is 0 Å². The molecule has 0 spiro atoms. The first-order valence-corrected chi connectivity index (χ1v) is 23.3. The first-order chi connectivity index (χ1) is 32.6. The zero-order chi connectivity index (χ0) is 53.9. The number of carbonyl (C=O) groups is 5. The zero-order valence-corrected chi connectivity index (χ0v) is 42.4. The quantitative estimate of drug-likeness (QED) is 0.140. The van der Waals surface area contributed by atoms with Crippen LogP contribution in [-0.4, -0.2) is 203 Å². The van der Waals surface area contributed by atoms with E-state index in [-0.39, 0.29) is 61.4 Å². The highest BCUT2D eigenvalue weighted by Crippen LogP contribution is 2.34.